The normalized spacial score (nSPS) is 10.4. The second-order valence-corrected chi connectivity index (χ2v) is 3.88. The Morgan fingerprint density at radius 3 is 2.56 bits per heavy atom. The van der Waals surface area contributed by atoms with E-state index in [0.29, 0.717) is 0 Å². The maximum Gasteiger partial charge on any atom is 0.146 e. The average molecular weight is 216 g/mol. The fourth-order valence-electron chi connectivity index (χ4n) is 1.63. The fourth-order valence-corrected chi connectivity index (χ4v) is 1.63. The van der Waals surface area contributed by atoms with Crippen molar-refractivity contribution in [2.45, 2.75) is 13.8 Å². The maximum atomic E-state index is 13.2. The number of benzene rings is 1. The van der Waals surface area contributed by atoms with Crippen LogP contribution in [0.1, 0.15) is 11.3 Å². The summed E-state index contributed by atoms with van der Waals surface area (Å²) in [5, 5.41) is 0. The Bertz CT molecular complexity index is 518. The van der Waals surface area contributed by atoms with E-state index in [1.807, 2.05) is 26.0 Å². The van der Waals surface area contributed by atoms with Crippen LogP contribution in [0.25, 0.3) is 11.1 Å². The summed E-state index contributed by atoms with van der Waals surface area (Å²) in [6.07, 6.45) is 1.77. The Balaban J connectivity index is 2.56. The van der Waals surface area contributed by atoms with Crippen molar-refractivity contribution < 1.29 is 4.39 Å². The first kappa shape index (κ1) is 10.6. The first-order valence-corrected chi connectivity index (χ1v) is 5.06. The lowest BCUT2D eigenvalue weighted by molar-refractivity contribution is 0.631. The van der Waals surface area contributed by atoms with Crippen molar-refractivity contribution in [2.75, 3.05) is 5.73 Å². The Kier molecular flexibility index (Phi) is 2.60. The van der Waals surface area contributed by atoms with E-state index in [1.165, 1.54) is 6.07 Å². The molecule has 2 rings (SSSR count). The summed E-state index contributed by atoms with van der Waals surface area (Å²) in [7, 11) is 0. The molecule has 0 unspecified atom stereocenters. The summed E-state index contributed by atoms with van der Waals surface area (Å²) < 4.78 is 13.2. The number of anilines is 1. The summed E-state index contributed by atoms with van der Waals surface area (Å²) in [5.74, 6) is -0.374. The van der Waals surface area contributed by atoms with Crippen LogP contribution in [0.3, 0.4) is 0 Å². The van der Waals surface area contributed by atoms with Crippen LogP contribution >= 0.6 is 0 Å². The molecule has 0 fully saturated rings. The number of hydrogen-bond donors (Lipinski definition) is 1. The summed E-state index contributed by atoms with van der Waals surface area (Å²) >= 11 is 0. The summed E-state index contributed by atoms with van der Waals surface area (Å²) in [6, 6.07) is 6.98. The van der Waals surface area contributed by atoms with Crippen LogP contribution in [0.4, 0.5) is 10.1 Å². The van der Waals surface area contributed by atoms with E-state index in [-0.39, 0.29) is 11.5 Å². The molecule has 1 aromatic carbocycles. The second-order valence-electron chi connectivity index (χ2n) is 3.88. The predicted molar refractivity (Wildman–Crippen MR) is 63.5 cm³/mol. The topological polar surface area (TPSA) is 38.9 Å². The van der Waals surface area contributed by atoms with Crippen molar-refractivity contribution in [1.29, 1.82) is 0 Å². The molecule has 0 spiro atoms. The van der Waals surface area contributed by atoms with Gasteiger partial charge < -0.3 is 5.73 Å². The van der Waals surface area contributed by atoms with Gasteiger partial charge in [0.1, 0.15) is 5.82 Å². The van der Waals surface area contributed by atoms with Crippen molar-refractivity contribution in [2.24, 2.45) is 0 Å². The second kappa shape index (κ2) is 3.93. The van der Waals surface area contributed by atoms with Gasteiger partial charge in [0.2, 0.25) is 0 Å². The molecule has 0 amide bonds. The van der Waals surface area contributed by atoms with Crippen LogP contribution in [0.2, 0.25) is 0 Å². The minimum absolute atomic E-state index is 0.168. The van der Waals surface area contributed by atoms with Crippen LogP contribution < -0.4 is 5.73 Å². The lowest BCUT2D eigenvalue weighted by atomic mass is 10.0. The number of hydrogen-bond acceptors (Lipinski definition) is 2. The highest BCUT2D eigenvalue weighted by Gasteiger charge is 2.06. The van der Waals surface area contributed by atoms with Crippen LogP contribution in [0.15, 0.2) is 30.5 Å². The van der Waals surface area contributed by atoms with Gasteiger partial charge in [-0.2, -0.15) is 0 Å². The molecule has 82 valence electrons. The van der Waals surface area contributed by atoms with Gasteiger partial charge in [-0.3, -0.25) is 4.98 Å². The Morgan fingerprint density at radius 2 is 1.94 bits per heavy atom. The molecule has 0 atom stereocenters. The number of halogens is 1. The molecule has 0 aliphatic carbocycles. The van der Waals surface area contributed by atoms with E-state index < -0.39 is 0 Å². The first-order chi connectivity index (χ1) is 7.58. The predicted octanol–water partition coefficient (Wildman–Crippen LogP) is 3.09. The van der Waals surface area contributed by atoms with Crippen molar-refractivity contribution in [3.05, 3.63) is 47.5 Å². The number of nitrogens with zero attached hydrogens (tertiary/aromatic N) is 1. The van der Waals surface area contributed by atoms with E-state index in [1.54, 1.807) is 12.3 Å². The van der Waals surface area contributed by atoms with Crippen molar-refractivity contribution in [1.82, 2.24) is 4.98 Å². The minimum Gasteiger partial charge on any atom is -0.396 e. The van der Waals surface area contributed by atoms with Gasteiger partial charge in [-0.1, -0.05) is 6.07 Å². The van der Waals surface area contributed by atoms with Gasteiger partial charge >= 0.3 is 0 Å². The van der Waals surface area contributed by atoms with Crippen LogP contribution in [-0.4, -0.2) is 4.98 Å². The van der Waals surface area contributed by atoms with Crippen molar-refractivity contribution >= 4 is 5.69 Å². The summed E-state index contributed by atoms with van der Waals surface area (Å²) in [5.41, 5.74) is 9.42. The number of aryl methyl sites for hydroxylation is 2. The van der Waals surface area contributed by atoms with E-state index in [2.05, 4.69) is 4.98 Å². The molecule has 0 saturated carbocycles. The maximum absolute atomic E-state index is 13.2. The van der Waals surface area contributed by atoms with E-state index >= 15 is 0 Å². The lowest BCUT2D eigenvalue weighted by Crippen LogP contribution is -1.94. The van der Waals surface area contributed by atoms with Gasteiger partial charge in [-0.05, 0) is 43.2 Å². The Morgan fingerprint density at radius 1 is 1.19 bits per heavy atom. The van der Waals surface area contributed by atoms with Gasteiger partial charge in [0.25, 0.3) is 0 Å². The summed E-state index contributed by atoms with van der Waals surface area (Å²) in [4.78, 5) is 4.21. The quantitative estimate of drug-likeness (QED) is 0.744. The molecular formula is C13H13FN2. The minimum atomic E-state index is -0.374. The molecule has 3 heteroatoms. The largest absolute Gasteiger partial charge is 0.396 e. The molecule has 0 saturated heterocycles. The molecule has 0 radical (unpaired) electrons. The van der Waals surface area contributed by atoms with Crippen molar-refractivity contribution in [3.8, 4) is 11.1 Å². The smallest absolute Gasteiger partial charge is 0.146 e. The highest BCUT2D eigenvalue weighted by molar-refractivity contribution is 5.70. The number of nitrogens with two attached hydrogens (primary N) is 1. The Hall–Kier alpha value is -1.90. The fraction of sp³-hybridized carbons (Fsp3) is 0.154. The molecule has 1 heterocycles. The molecule has 2 aromatic rings. The van der Waals surface area contributed by atoms with Crippen LogP contribution in [0.5, 0.6) is 0 Å². The van der Waals surface area contributed by atoms with E-state index in [0.717, 1.165) is 22.4 Å². The molecule has 0 aliphatic heterocycles. The molecule has 2 nitrogen and oxygen atoms in total. The number of rotatable bonds is 1. The SMILES string of the molecule is Cc1ccc(-c2cc(N)c(F)cc2C)cn1. The zero-order valence-corrected chi connectivity index (χ0v) is 9.29. The zero-order valence-electron chi connectivity index (χ0n) is 9.29. The highest BCUT2D eigenvalue weighted by atomic mass is 19.1. The molecule has 16 heavy (non-hydrogen) atoms. The first-order valence-electron chi connectivity index (χ1n) is 5.06. The molecule has 0 aliphatic rings. The third-order valence-corrected chi connectivity index (χ3v) is 2.57. The molecular weight excluding hydrogens is 203 g/mol. The van der Waals surface area contributed by atoms with Gasteiger partial charge in [-0.25, -0.2) is 4.39 Å². The van der Waals surface area contributed by atoms with Gasteiger partial charge in [0.05, 0.1) is 5.69 Å². The summed E-state index contributed by atoms with van der Waals surface area (Å²) in [6.45, 7) is 3.79. The number of nitrogen functional groups attached to an aromatic ring is 1. The third-order valence-electron chi connectivity index (χ3n) is 2.57. The average Bonchev–Trinajstić information content (AvgIpc) is 2.25. The van der Waals surface area contributed by atoms with Gasteiger partial charge in [0, 0.05) is 17.5 Å². The standard InChI is InChI=1S/C13H13FN2/c1-8-5-12(14)13(15)6-11(8)10-4-3-9(2)16-7-10/h3-7H,15H2,1-2H3. The highest BCUT2D eigenvalue weighted by Crippen LogP contribution is 2.26. The van der Waals surface area contributed by atoms with Gasteiger partial charge in [0.15, 0.2) is 0 Å². The van der Waals surface area contributed by atoms with E-state index in [4.69, 9.17) is 5.73 Å². The third kappa shape index (κ3) is 1.89. The lowest BCUT2D eigenvalue weighted by Gasteiger charge is -2.08. The number of pyridine rings is 1. The molecule has 1 aromatic heterocycles. The monoisotopic (exact) mass is 216 g/mol. The number of aromatic nitrogens is 1. The zero-order chi connectivity index (χ0) is 11.7. The molecule has 2 N–H and O–H groups in total. The Labute approximate surface area is 93.9 Å². The molecule has 0 bridgehead atoms. The van der Waals surface area contributed by atoms with Crippen molar-refractivity contribution in [3.63, 3.8) is 0 Å². The van der Waals surface area contributed by atoms with Gasteiger partial charge in [-0.15, -0.1) is 0 Å². The van der Waals surface area contributed by atoms with Crippen LogP contribution in [0, 0.1) is 19.7 Å². The van der Waals surface area contributed by atoms with Crippen LogP contribution in [-0.2, 0) is 0 Å². The van der Waals surface area contributed by atoms with E-state index in [9.17, 15) is 4.39 Å².